The van der Waals surface area contributed by atoms with Crippen molar-refractivity contribution in [2.45, 2.75) is 12.2 Å². The molecule has 0 saturated carbocycles. The standard InChI is InChI=1S/C13H19N3O2/c1-17-11-8-16(9-12(11)18-2)13(14)15-10-6-4-3-5-7-10/h3-7,11-12H,8-9H2,1-2H3,(H2,14,15). The van der Waals surface area contributed by atoms with Crippen LogP contribution in [0.5, 0.6) is 0 Å². The largest absolute Gasteiger partial charge is 0.377 e. The smallest absolute Gasteiger partial charge is 0.196 e. The van der Waals surface area contributed by atoms with E-state index in [1.807, 2.05) is 35.2 Å². The summed E-state index contributed by atoms with van der Waals surface area (Å²) in [4.78, 5) is 6.37. The number of rotatable bonds is 3. The Balaban J connectivity index is 2.07. The molecule has 2 N–H and O–H groups in total. The number of nitrogens with two attached hydrogens (primary N) is 1. The van der Waals surface area contributed by atoms with Crippen molar-refractivity contribution in [2.75, 3.05) is 27.3 Å². The van der Waals surface area contributed by atoms with Gasteiger partial charge in [-0.15, -0.1) is 0 Å². The fourth-order valence-corrected chi connectivity index (χ4v) is 2.09. The second kappa shape index (κ2) is 5.84. The third-order valence-corrected chi connectivity index (χ3v) is 3.14. The molecule has 0 radical (unpaired) electrons. The molecule has 98 valence electrons. The first-order valence-corrected chi connectivity index (χ1v) is 5.94. The predicted octanol–water partition coefficient (Wildman–Crippen LogP) is 0.978. The van der Waals surface area contributed by atoms with Gasteiger partial charge in [-0.2, -0.15) is 0 Å². The summed E-state index contributed by atoms with van der Waals surface area (Å²) in [6.45, 7) is 1.41. The zero-order chi connectivity index (χ0) is 13.0. The van der Waals surface area contributed by atoms with Gasteiger partial charge in [0.15, 0.2) is 5.96 Å². The molecule has 1 aliphatic heterocycles. The van der Waals surface area contributed by atoms with E-state index in [4.69, 9.17) is 15.2 Å². The molecule has 2 unspecified atom stereocenters. The van der Waals surface area contributed by atoms with Crippen LogP contribution in [0.4, 0.5) is 5.69 Å². The number of nitrogens with zero attached hydrogens (tertiary/aromatic N) is 2. The molecule has 1 saturated heterocycles. The zero-order valence-electron chi connectivity index (χ0n) is 10.7. The third-order valence-electron chi connectivity index (χ3n) is 3.14. The number of methoxy groups -OCH3 is 2. The van der Waals surface area contributed by atoms with Crippen LogP contribution in [0, 0.1) is 0 Å². The second-order valence-corrected chi connectivity index (χ2v) is 4.26. The minimum Gasteiger partial charge on any atom is -0.377 e. The Morgan fingerprint density at radius 2 is 1.72 bits per heavy atom. The van der Waals surface area contributed by atoms with E-state index in [2.05, 4.69) is 4.99 Å². The van der Waals surface area contributed by atoms with Crippen molar-refractivity contribution in [1.29, 1.82) is 0 Å². The summed E-state index contributed by atoms with van der Waals surface area (Å²) in [5, 5.41) is 0. The van der Waals surface area contributed by atoms with Crippen LogP contribution in [-0.2, 0) is 9.47 Å². The lowest BCUT2D eigenvalue weighted by Crippen LogP contribution is -2.36. The van der Waals surface area contributed by atoms with Gasteiger partial charge in [0, 0.05) is 27.3 Å². The Kier molecular flexibility index (Phi) is 4.17. The maximum absolute atomic E-state index is 6.01. The number of aliphatic imine (C=N–C) groups is 1. The maximum Gasteiger partial charge on any atom is 0.196 e. The minimum absolute atomic E-state index is 0.0412. The molecule has 2 rings (SSSR count). The highest BCUT2D eigenvalue weighted by molar-refractivity contribution is 5.81. The van der Waals surface area contributed by atoms with E-state index in [0.29, 0.717) is 19.0 Å². The van der Waals surface area contributed by atoms with E-state index in [-0.39, 0.29) is 12.2 Å². The SMILES string of the molecule is COC1CN(C(N)=Nc2ccccc2)CC1OC. The average molecular weight is 249 g/mol. The van der Waals surface area contributed by atoms with Crippen molar-refractivity contribution in [1.82, 2.24) is 4.90 Å². The van der Waals surface area contributed by atoms with Crippen LogP contribution >= 0.6 is 0 Å². The monoisotopic (exact) mass is 249 g/mol. The molecule has 1 aromatic carbocycles. The number of ether oxygens (including phenoxy) is 2. The lowest BCUT2D eigenvalue weighted by atomic mass is 10.3. The molecule has 5 heteroatoms. The van der Waals surface area contributed by atoms with Crippen LogP contribution in [-0.4, -0.2) is 50.4 Å². The molecular weight excluding hydrogens is 230 g/mol. The van der Waals surface area contributed by atoms with E-state index in [1.165, 1.54) is 0 Å². The summed E-state index contributed by atoms with van der Waals surface area (Å²) in [7, 11) is 3.37. The molecule has 0 aliphatic carbocycles. The second-order valence-electron chi connectivity index (χ2n) is 4.26. The van der Waals surface area contributed by atoms with Crippen LogP contribution in [0.1, 0.15) is 0 Å². The van der Waals surface area contributed by atoms with Crippen molar-refractivity contribution >= 4 is 11.6 Å². The molecular formula is C13H19N3O2. The van der Waals surface area contributed by atoms with E-state index in [0.717, 1.165) is 5.69 Å². The molecule has 0 spiro atoms. The first kappa shape index (κ1) is 12.9. The zero-order valence-corrected chi connectivity index (χ0v) is 10.7. The van der Waals surface area contributed by atoms with Crippen molar-refractivity contribution in [3.63, 3.8) is 0 Å². The summed E-state index contributed by atoms with van der Waals surface area (Å²) in [5.74, 6) is 0.503. The molecule has 2 atom stereocenters. The van der Waals surface area contributed by atoms with Gasteiger partial charge < -0.3 is 20.1 Å². The summed E-state index contributed by atoms with van der Waals surface area (Å²) in [5.41, 5.74) is 6.86. The Morgan fingerprint density at radius 3 is 2.22 bits per heavy atom. The highest BCUT2D eigenvalue weighted by Gasteiger charge is 2.33. The van der Waals surface area contributed by atoms with Gasteiger partial charge in [0.05, 0.1) is 5.69 Å². The molecule has 18 heavy (non-hydrogen) atoms. The normalized spacial score (nSPS) is 24.6. The Hall–Kier alpha value is -1.59. The first-order chi connectivity index (χ1) is 8.74. The molecule has 1 aliphatic rings. The van der Waals surface area contributed by atoms with Crippen LogP contribution in [0.25, 0.3) is 0 Å². The van der Waals surface area contributed by atoms with Crippen molar-refractivity contribution in [3.05, 3.63) is 30.3 Å². The molecule has 5 nitrogen and oxygen atoms in total. The van der Waals surface area contributed by atoms with Gasteiger partial charge in [-0.05, 0) is 12.1 Å². The summed E-state index contributed by atoms with van der Waals surface area (Å²) < 4.78 is 10.7. The molecule has 0 aromatic heterocycles. The summed E-state index contributed by atoms with van der Waals surface area (Å²) in [6, 6.07) is 9.67. The Bertz CT molecular complexity index is 396. The number of hydrogen-bond acceptors (Lipinski definition) is 3. The van der Waals surface area contributed by atoms with Gasteiger partial charge in [0.25, 0.3) is 0 Å². The van der Waals surface area contributed by atoms with Gasteiger partial charge in [0.2, 0.25) is 0 Å². The van der Waals surface area contributed by atoms with Crippen LogP contribution in [0.2, 0.25) is 0 Å². The quantitative estimate of drug-likeness (QED) is 0.641. The van der Waals surface area contributed by atoms with Crippen LogP contribution in [0.15, 0.2) is 35.3 Å². The maximum atomic E-state index is 6.01. The van der Waals surface area contributed by atoms with E-state index in [9.17, 15) is 0 Å². The molecule has 1 heterocycles. The van der Waals surface area contributed by atoms with Crippen LogP contribution in [0.3, 0.4) is 0 Å². The number of benzene rings is 1. The minimum atomic E-state index is 0.0412. The molecule has 0 bridgehead atoms. The topological polar surface area (TPSA) is 60.1 Å². The summed E-state index contributed by atoms with van der Waals surface area (Å²) in [6.07, 6.45) is 0.0825. The number of para-hydroxylation sites is 1. The lowest BCUT2D eigenvalue weighted by molar-refractivity contribution is -0.00461. The fraction of sp³-hybridized carbons (Fsp3) is 0.462. The number of hydrogen-bond donors (Lipinski definition) is 1. The van der Waals surface area contributed by atoms with E-state index < -0.39 is 0 Å². The first-order valence-electron chi connectivity index (χ1n) is 5.94. The third kappa shape index (κ3) is 2.80. The van der Waals surface area contributed by atoms with Gasteiger partial charge in [0.1, 0.15) is 12.2 Å². The molecule has 1 fully saturated rings. The van der Waals surface area contributed by atoms with Crippen molar-refractivity contribution < 1.29 is 9.47 Å². The van der Waals surface area contributed by atoms with E-state index in [1.54, 1.807) is 14.2 Å². The van der Waals surface area contributed by atoms with Gasteiger partial charge >= 0.3 is 0 Å². The van der Waals surface area contributed by atoms with Crippen LogP contribution < -0.4 is 5.73 Å². The van der Waals surface area contributed by atoms with Crippen molar-refractivity contribution in [2.24, 2.45) is 10.7 Å². The highest BCUT2D eigenvalue weighted by atomic mass is 16.5. The highest BCUT2D eigenvalue weighted by Crippen LogP contribution is 2.17. The summed E-state index contributed by atoms with van der Waals surface area (Å²) >= 11 is 0. The van der Waals surface area contributed by atoms with Gasteiger partial charge in [-0.25, -0.2) is 4.99 Å². The fourth-order valence-electron chi connectivity index (χ4n) is 2.09. The Labute approximate surface area is 107 Å². The lowest BCUT2D eigenvalue weighted by Gasteiger charge is -2.16. The number of guanidine groups is 1. The van der Waals surface area contributed by atoms with E-state index >= 15 is 0 Å². The van der Waals surface area contributed by atoms with Crippen molar-refractivity contribution in [3.8, 4) is 0 Å². The molecule has 1 aromatic rings. The average Bonchev–Trinajstić information content (AvgIpc) is 2.83. The predicted molar refractivity (Wildman–Crippen MR) is 70.9 cm³/mol. The Morgan fingerprint density at radius 1 is 1.17 bits per heavy atom. The van der Waals surface area contributed by atoms with Gasteiger partial charge in [-0.3, -0.25) is 0 Å². The number of likely N-dealkylation sites (tertiary alicyclic amines) is 1. The van der Waals surface area contributed by atoms with Gasteiger partial charge in [-0.1, -0.05) is 18.2 Å². The molecule has 0 amide bonds.